The van der Waals surface area contributed by atoms with Gasteiger partial charge in [0, 0.05) is 16.5 Å². The molecule has 3 rings (SSSR count). The van der Waals surface area contributed by atoms with Crippen LogP contribution in [-0.4, -0.2) is 47.0 Å². The second-order valence-corrected chi connectivity index (χ2v) is 7.42. The fourth-order valence-electron chi connectivity index (χ4n) is 3.02. The quantitative estimate of drug-likeness (QED) is 0.625. The molecule has 142 valence electrons. The first kappa shape index (κ1) is 19.0. The minimum absolute atomic E-state index is 0.234. The van der Waals surface area contributed by atoms with Gasteiger partial charge in [0.15, 0.2) is 0 Å². The molecule has 1 aliphatic heterocycles. The van der Waals surface area contributed by atoms with Gasteiger partial charge in [-0.25, -0.2) is 0 Å². The van der Waals surface area contributed by atoms with E-state index in [-0.39, 0.29) is 13.2 Å². The first-order valence-corrected chi connectivity index (χ1v) is 8.99. The Morgan fingerprint density at radius 2 is 1.67 bits per heavy atom. The van der Waals surface area contributed by atoms with Crippen LogP contribution in [0.5, 0.6) is 0 Å². The van der Waals surface area contributed by atoms with E-state index in [1.807, 2.05) is 19.1 Å². The van der Waals surface area contributed by atoms with E-state index in [9.17, 15) is 19.5 Å². The average molecular weight is 369 g/mol. The molecule has 0 aliphatic carbocycles. The zero-order valence-corrected chi connectivity index (χ0v) is 15.7. The van der Waals surface area contributed by atoms with E-state index in [1.165, 1.54) is 0 Å². The molecule has 0 saturated carbocycles. The number of rotatable bonds is 6. The van der Waals surface area contributed by atoms with E-state index in [1.54, 1.807) is 38.1 Å². The summed E-state index contributed by atoms with van der Waals surface area (Å²) in [5.41, 5.74) is 0.212. The van der Waals surface area contributed by atoms with Gasteiger partial charge in [-0.15, -0.1) is 0 Å². The van der Waals surface area contributed by atoms with Crippen molar-refractivity contribution in [1.29, 1.82) is 0 Å². The largest absolute Gasteiger partial charge is 0.462 e. The third kappa shape index (κ3) is 3.45. The van der Waals surface area contributed by atoms with Crippen molar-refractivity contribution in [2.75, 3.05) is 13.2 Å². The summed E-state index contributed by atoms with van der Waals surface area (Å²) in [6, 6.07) is 10.6. The number of benzene rings is 2. The van der Waals surface area contributed by atoms with Crippen molar-refractivity contribution in [3.8, 4) is 0 Å². The highest BCUT2D eigenvalue weighted by atomic mass is 16.5. The predicted octanol–water partition coefficient (Wildman–Crippen LogP) is 2.78. The Balaban J connectivity index is 1.76. The molecule has 1 N–H and O–H groups in total. The Labute approximate surface area is 157 Å². The van der Waals surface area contributed by atoms with Gasteiger partial charge in [0.2, 0.25) is 0 Å². The van der Waals surface area contributed by atoms with Crippen LogP contribution in [0.3, 0.4) is 0 Å². The summed E-state index contributed by atoms with van der Waals surface area (Å²) < 4.78 is 5.16. The number of imide groups is 1. The van der Waals surface area contributed by atoms with Crippen LogP contribution in [0.15, 0.2) is 36.4 Å². The summed E-state index contributed by atoms with van der Waals surface area (Å²) in [7, 11) is 0. The Morgan fingerprint density at radius 3 is 2.19 bits per heavy atom. The highest BCUT2D eigenvalue weighted by Gasteiger charge is 2.34. The number of ether oxygens (including phenoxy) is 1. The Morgan fingerprint density at radius 1 is 1.11 bits per heavy atom. The van der Waals surface area contributed by atoms with Crippen molar-refractivity contribution in [2.45, 2.75) is 33.3 Å². The molecule has 1 atom stereocenters. The van der Waals surface area contributed by atoms with Gasteiger partial charge in [0.1, 0.15) is 12.7 Å². The summed E-state index contributed by atoms with van der Waals surface area (Å²) in [6.07, 6.45) is -0.551. The summed E-state index contributed by atoms with van der Waals surface area (Å²) in [6.45, 7) is 4.89. The Kier molecular flexibility index (Phi) is 5.02. The standard InChI is InChI=1S/C21H23NO5/c1-4-21(2,3)20(26)27-12-14(23)11-22-18(24)15-9-5-7-13-8-6-10-16(17(13)15)19(22)25/h5-10,14,23H,4,11-12H2,1-3H3. The van der Waals surface area contributed by atoms with E-state index in [0.29, 0.717) is 22.9 Å². The molecule has 0 bridgehead atoms. The minimum atomic E-state index is -1.15. The number of carbonyl (C=O) groups excluding carboxylic acids is 3. The van der Waals surface area contributed by atoms with Crippen LogP contribution in [0, 0.1) is 5.41 Å². The average Bonchev–Trinajstić information content (AvgIpc) is 2.67. The van der Waals surface area contributed by atoms with Gasteiger partial charge in [0.05, 0.1) is 12.0 Å². The first-order chi connectivity index (χ1) is 12.8. The van der Waals surface area contributed by atoms with Crippen molar-refractivity contribution in [3.63, 3.8) is 0 Å². The number of aliphatic hydroxyl groups excluding tert-OH is 1. The van der Waals surface area contributed by atoms with Gasteiger partial charge in [-0.3, -0.25) is 19.3 Å². The number of aliphatic hydroxyl groups is 1. The molecular formula is C21H23NO5. The minimum Gasteiger partial charge on any atom is -0.462 e. The molecule has 6 heteroatoms. The third-order valence-corrected chi connectivity index (χ3v) is 5.09. The number of carbonyl (C=O) groups is 3. The van der Waals surface area contributed by atoms with Crippen LogP contribution >= 0.6 is 0 Å². The Bertz CT molecular complexity index is 867. The van der Waals surface area contributed by atoms with Gasteiger partial charge in [-0.2, -0.15) is 0 Å². The molecule has 0 saturated heterocycles. The monoisotopic (exact) mass is 369 g/mol. The summed E-state index contributed by atoms with van der Waals surface area (Å²) in [5, 5.41) is 11.7. The number of β-amino-alcohol motifs (C(OH)–C–C–N with tert-alkyl or cyclic N) is 1. The van der Waals surface area contributed by atoms with Crippen molar-refractivity contribution >= 4 is 28.6 Å². The topological polar surface area (TPSA) is 83.9 Å². The van der Waals surface area contributed by atoms with E-state index in [2.05, 4.69) is 0 Å². The van der Waals surface area contributed by atoms with Crippen molar-refractivity contribution in [1.82, 2.24) is 4.90 Å². The number of hydrogen-bond donors (Lipinski definition) is 1. The maximum Gasteiger partial charge on any atom is 0.311 e. The van der Waals surface area contributed by atoms with Gasteiger partial charge in [-0.1, -0.05) is 31.2 Å². The molecule has 2 aromatic rings. The SMILES string of the molecule is CCC(C)(C)C(=O)OCC(O)CN1C(=O)c2cccc3cccc(c23)C1=O. The van der Waals surface area contributed by atoms with Crippen LogP contribution < -0.4 is 0 Å². The molecular weight excluding hydrogens is 346 g/mol. The van der Waals surface area contributed by atoms with Crippen molar-refractivity contribution in [2.24, 2.45) is 5.41 Å². The van der Waals surface area contributed by atoms with E-state index >= 15 is 0 Å². The molecule has 0 fully saturated rings. The van der Waals surface area contributed by atoms with Crippen LogP contribution in [0.1, 0.15) is 47.9 Å². The maximum absolute atomic E-state index is 12.8. The smallest absolute Gasteiger partial charge is 0.311 e. The lowest BCUT2D eigenvalue weighted by Gasteiger charge is -2.29. The van der Waals surface area contributed by atoms with Crippen LogP contribution in [0.4, 0.5) is 0 Å². The fraction of sp³-hybridized carbons (Fsp3) is 0.381. The van der Waals surface area contributed by atoms with E-state index in [4.69, 9.17) is 4.74 Å². The third-order valence-electron chi connectivity index (χ3n) is 5.09. The lowest BCUT2D eigenvalue weighted by Crippen LogP contribution is -2.45. The highest BCUT2D eigenvalue weighted by molar-refractivity contribution is 6.25. The zero-order chi connectivity index (χ0) is 19.8. The molecule has 6 nitrogen and oxygen atoms in total. The molecule has 0 radical (unpaired) electrons. The second-order valence-electron chi connectivity index (χ2n) is 7.42. The van der Waals surface area contributed by atoms with Crippen LogP contribution in [0.25, 0.3) is 10.8 Å². The molecule has 2 aromatic carbocycles. The van der Waals surface area contributed by atoms with Gasteiger partial charge >= 0.3 is 5.97 Å². The lowest BCUT2D eigenvalue weighted by atomic mass is 9.91. The van der Waals surface area contributed by atoms with E-state index in [0.717, 1.165) is 10.3 Å². The summed E-state index contributed by atoms with van der Waals surface area (Å²) >= 11 is 0. The molecule has 27 heavy (non-hydrogen) atoms. The second kappa shape index (κ2) is 7.12. The highest BCUT2D eigenvalue weighted by Crippen LogP contribution is 2.30. The molecule has 2 amide bonds. The Hall–Kier alpha value is -2.73. The van der Waals surface area contributed by atoms with Gasteiger partial charge in [0.25, 0.3) is 11.8 Å². The van der Waals surface area contributed by atoms with E-state index < -0.39 is 29.3 Å². The molecule has 0 spiro atoms. The number of amides is 2. The zero-order valence-electron chi connectivity index (χ0n) is 15.7. The van der Waals surface area contributed by atoms with Gasteiger partial charge in [-0.05, 0) is 37.8 Å². The molecule has 1 aliphatic rings. The summed E-state index contributed by atoms with van der Waals surface area (Å²) in [4.78, 5) is 38.6. The number of esters is 1. The lowest BCUT2D eigenvalue weighted by molar-refractivity contribution is -0.157. The van der Waals surface area contributed by atoms with Crippen molar-refractivity contribution < 1.29 is 24.2 Å². The molecule has 0 aromatic heterocycles. The van der Waals surface area contributed by atoms with Crippen LogP contribution in [-0.2, 0) is 9.53 Å². The van der Waals surface area contributed by atoms with Crippen LogP contribution in [0.2, 0.25) is 0 Å². The number of nitrogens with zero attached hydrogens (tertiary/aromatic N) is 1. The number of hydrogen-bond acceptors (Lipinski definition) is 5. The summed E-state index contributed by atoms with van der Waals surface area (Å²) in [5.74, 6) is -1.33. The molecule has 1 unspecified atom stereocenters. The predicted molar refractivity (Wildman–Crippen MR) is 100 cm³/mol. The fourth-order valence-corrected chi connectivity index (χ4v) is 3.02. The maximum atomic E-state index is 12.8. The van der Waals surface area contributed by atoms with Crippen molar-refractivity contribution in [3.05, 3.63) is 47.5 Å². The van der Waals surface area contributed by atoms with Gasteiger partial charge < -0.3 is 9.84 Å². The normalized spacial score (nSPS) is 15.2. The molecule has 1 heterocycles. The first-order valence-electron chi connectivity index (χ1n) is 8.99.